The summed E-state index contributed by atoms with van der Waals surface area (Å²) in [7, 11) is 0. The molecule has 1 fully saturated rings. The largest absolute Gasteiger partial charge is 0.504 e. The van der Waals surface area contributed by atoms with Gasteiger partial charge in [-0.15, -0.1) is 0 Å². The molecular formula is C11H13F2NO2. The van der Waals surface area contributed by atoms with Gasteiger partial charge in [0.05, 0.1) is 0 Å². The molecule has 88 valence electrons. The minimum atomic E-state index is -2.67. The average Bonchev–Trinajstić information content (AvgIpc) is 2.18. The second kappa shape index (κ2) is 3.31. The molecule has 0 amide bonds. The van der Waals surface area contributed by atoms with E-state index < -0.39 is 11.3 Å². The van der Waals surface area contributed by atoms with Gasteiger partial charge >= 0.3 is 0 Å². The maximum absolute atomic E-state index is 12.9. The first-order valence-electron chi connectivity index (χ1n) is 4.99. The molecule has 0 aliphatic heterocycles. The van der Waals surface area contributed by atoms with Crippen LogP contribution < -0.4 is 5.73 Å². The summed E-state index contributed by atoms with van der Waals surface area (Å²) in [5, 5.41) is 18.5. The van der Waals surface area contributed by atoms with Crippen LogP contribution in [0.5, 0.6) is 11.5 Å². The van der Waals surface area contributed by atoms with Crippen LogP contribution in [-0.2, 0) is 5.41 Å². The van der Waals surface area contributed by atoms with E-state index in [1.807, 2.05) is 0 Å². The smallest absolute Gasteiger partial charge is 0.250 e. The Hall–Kier alpha value is -1.36. The fourth-order valence-electron chi connectivity index (χ4n) is 2.26. The molecule has 0 saturated heterocycles. The molecule has 3 nitrogen and oxygen atoms in total. The van der Waals surface area contributed by atoms with Gasteiger partial charge in [0.1, 0.15) is 0 Å². The Morgan fingerprint density at radius 2 is 1.81 bits per heavy atom. The Balaban J connectivity index is 2.32. The van der Waals surface area contributed by atoms with E-state index in [0.29, 0.717) is 5.56 Å². The molecule has 16 heavy (non-hydrogen) atoms. The van der Waals surface area contributed by atoms with Crippen LogP contribution in [0, 0.1) is 0 Å². The molecule has 0 heterocycles. The lowest BCUT2D eigenvalue weighted by molar-refractivity contribution is -0.123. The van der Waals surface area contributed by atoms with Crippen molar-refractivity contribution < 1.29 is 19.0 Å². The van der Waals surface area contributed by atoms with Crippen LogP contribution in [0.4, 0.5) is 8.78 Å². The van der Waals surface area contributed by atoms with Crippen molar-refractivity contribution in [2.24, 2.45) is 5.73 Å². The number of hydrogen-bond acceptors (Lipinski definition) is 3. The third kappa shape index (κ3) is 1.61. The van der Waals surface area contributed by atoms with Gasteiger partial charge in [-0.3, -0.25) is 0 Å². The highest BCUT2D eigenvalue weighted by molar-refractivity contribution is 5.44. The lowest BCUT2D eigenvalue weighted by atomic mass is 9.62. The highest BCUT2D eigenvalue weighted by Crippen LogP contribution is 2.53. The zero-order valence-electron chi connectivity index (χ0n) is 8.58. The standard InChI is InChI=1S/C11H13F2NO2/c12-11(13)4-10(5-11,6-14)7-1-2-8(15)9(16)3-7/h1-3,15-16H,4-6,14H2. The summed E-state index contributed by atoms with van der Waals surface area (Å²) >= 11 is 0. The summed E-state index contributed by atoms with van der Waals surface area (Å²) in [4.78, 5) is 0. The highest BCUT2D eigenvalue weighted by Gasteiger charge is 2.56. The number of phenolic OH excluding ortho intramolecular Hbond substituents is 2. The molecular weight excluding hydrogens is 216 g/mol. The van der Waals surface area contributed by atoms with Gasteiger partial charge in [-0.05, 0) is 17.7 Å². The van der Waals surface area contributed by atoms with E-state index in [0.717, 1.165) is 0 Å². The van der Waals surface area contributed by atoms with Crippen molar-refractivity contribution in [2.45, 2.75) is 24.2 Å². The molecule has 0 unspecified atom stereocenters. The number of aromatic hydroxyl groups is 2. The van der Waals surface area contributed by atoms with Crippen LogP contribution in [-0.4, -0.2) is 22.7 Å². The molecule has 4 N–H and O–H groups in total. The van der Waals surface area contributed by atoms with Gasteiger partial charge in [-0.1, -0.05) is 6.07 Å². The molecule has 1 aliphatic carbocycles. The Bertz CT molecular complexity index is 412. The van der Waals surface area contributed by atoms with Crippen LogP contribution in [0.25, 0.3) is 0 Å². The van der Waals surface area contributed by atoms with E-state index in [4.69, 9.17) is 10.8 Å². The van der Waals surface area contributed by atoms with Crippen molar-refractivity contribution in [1.82, 2.24) is 0 Å². The Morgan fingerprint density at radius 3 is 2.25 bits per heavy atom. The fraction of sp³-hybridized carbons (Fsp3) is 0.455. The quantitative estimate of drug-likeness (QED) is 0.676. The van der Waals surface area contributed by atoms with Gasteiger partial charge in [0.2, 0.25) is 5.92 Å². The number of hydrogen-bond donors (Lipinski definition) is 3. The molecule has 2 rings (SSSR count). The SMILES string of the molecule is NCC1(c2ccc(O)c(O)c2)CC(F)(F)C1. The summed E-state index contributed by atoms with van der Waals surface area (Å²) < 4.78 is 25.8. The third-order valence-electron chi connectivity index (χ3n) is 3.17. The maximum Gasteiger partial charge on any atom is 0.250 e. The van der Waals surface area contributed by atoms with E-state index in [2.05, 4.69) is 0 Å². The number of halogens is 2. The zero-order valence-corrected chi connectivity index (χ0v) is 8.58. The van der Waals surface area contributed by atoms with E-state index in [-0.39, 0.29) is 30.9 Å². The fourth-order valence-corrected chi connectivity index (χ4v) is 2.26. The van der Waals surface area contributed by atoms with Crippen LogP contribution in [0.15, 0.2) is 18.2 Å². The van der Waals surface area contributed by atoms with E-state index in [9.17, 15) is 13.9 Å². The predicted octanol–water partition coefficient (Wildman–Crippen LogP) is 1.72. The Kier molecular flexibility index (Phi) is 2.31. The second-order valence-electron chi connectivity index (χ2n) is 4.40. The minimum absolute atomic E-state index is 0.104. The molecule has 1 aliphatic rings. The van der Waals surface area contributed by atoms with Crippen molar-refractivity contribution in [2.75, 3.05) is 6.54 Å². The molecule has 1 saturated carbocycles. The molecule has 0 aromatic heterocycles. The monoisotopic (exact) mass is 229 g/mol. The summed E-state index contributed by atoms with van der Waals surface area (Å²) in [6, 6.07) is 4.12. The van der Waals surface area contributed by atoms with Crippen molar-refractivity contribution >= 4 is 0 Å². The molecule has 0 radical (unpaired) electrons. The summed E-state index contributed by atoms with van der Waals surface area (Å²) in [5.74, 6) is -3.24. The molecule has 5 heteroatoms. The molecule has 1 aromatic carbocycles. The lowest BCUT2D eigenvalue weighted by Gasteiger charge is -2.47. The summed E-state index contributed by atoms with van der Waals surface area (Å²) in [6.07, 6.45) is -0.610. The van der Waals surface area contributed by atoms with Crippen LogP contribution in [0.1, 0.15) is 18.4 Å². The van der Waals surface area contributed by atoms with Crippen molar-refractivity contribution in [3.8, 4) is 11.5 Å². The first-order valence-corrected chi connectivity index (χ1v) is 4.99. The number of nitrogens with two attached hydrogens (primary N) is 1. The second-order valence-corrected chi connectivity index (χ2v) is 4.40. The molecule has 1 aromatic rings. The summed E-state index contributed by atoms with van der Waals surface area (Å²) in [5.41, 5.74) is 5.32. The van der Waals surface area contributed by atoms with Gasteiger partial charge in [0.15, 0.2) is 11.5 Å². The van der Waals surface area contributed by atoms with Gasteiger partial charge < -0.3 is 15.9 Å². The maximum atomic E-state index is 12.9. The van der Waals surface area contributed by atoms with Crippen LogP contribution in [0.3, 0.4) is 0 Å². The van der Waals surface area contributed by atoms with Gasteiger partial charge in [0, 0.05) is 24.8 Å². The summed E-state index contributed by atoms with van der Waals surface area (Å²) in [6.45, 7) is 0.104. The van der Waals surface area contributed by atoms with Crippen LogP contribution in [0.2, 0.25) is 0 Å². The first kappa shape index (κ1) is 11.1. The third-order valence-corrected chi connectivity index (χ3v) is 3.17. The minimum Gasteiger partial charge on any atom is -0.504 e. The number of benzene rings is 1. The highest BCUT2D eigenvalue weighted by atomic mass is 19.3. The van der Waals surface area contributed by atoms with Gasteiger partial charge in [-0.25, -0.2) is 8.78 Å². The van der Waals surface area contributed by atoms with Gasteiger partial charge in [-0.2, -0.15) is 0 Å². The topological polar surface area (TPSA) is 66.5 Å². The van der Waals surface area contributed by atoms with Crippen molar-refractivity contribution in [3.05, 3.63) is 23.8 Å². The predicted molar refractivity (Wildman–Crippen MR) is 54.7 cm³/mol. The van der Waals surface area contributed by atoms with E-state index in [1.54, 1.807) is 0 Å². The van der Waals surface area contributed by atoms with Gasteiger partial charge in [0.25, 0.3) is 0 Å². The molecule has 0 bridgehead atoms. The first-order chi connectivity index (χ1) is 7.38. The van der Waals surface area contributed by atoms with E-state index >= 15 is 0 Å². The Morgan fingerprint density at radius 1 is 1.19 bits per heavy atom. The molecule has 0 atom stereocenters. The number of phenols is 2. The number of rotatable bonds is 2. The normalized spacial score (nSPS) is 21.4. The van der Waals surface area contributed by atoms with Crippen LogP contribution >= 0.6 is 0 Å². The molecule has 0 spiro atoms. The Labute approximate surface area is 91.5 Å². The lowest BCUT2D eigenvalue weighted by Crippen LogP contribution is -2.53. The number of alkyl halides is 2. The van der Waals surface area contributed by atoms with Crippen molar-refractivity contribution in [1.29, 1.82) is 0 Å². The van der Waals surface area contributed by atoms with E-state index in [1.165, 1.54) is 18.2 Å². The average molecular weight is 229 g/mol. The van der Waals surface area contributed by atoms with Crippen molar-refractivity contribution in [3.63, 3.8) is 0 Å². The zero-order chi connectivity index (χ0) is 12.0.